The van der Waals surface area contributed by atoms with Crippen LogP contribution in [0, 0.1) is 0 Å². The van der Waals surface area contributed by atoms with Crippen molar-refractivity contribution in [2.24, 2.45) is 0 Å². The monoisotopic (exact) mass is 271 g/mol. The van der Waals surface area contributed by atoms with E-state index in [2.05, 4.69) is 20.7 Å². The number of halogens is 1. The molecule has 1 fully saturated rings. The lowest BCUT2D eigenvalue weighted by Gasteiger charge is -2.34. The zero-order chi connectivity index (χ0) is 6.91. The highest BCUT2D eigenvalue weighted by Gasteiger charge is 2.23. The second-order valence-corrected chi connectivity index (χ2v) is 4.13. The van der Waals surface area contributed by atoms with E-state index in [9.17, 15) is 0 Å². The first kappa shape index (κ1) is 10.8. The average molecular weight is 271 g/mol. The van der Waals surface area contributed by atoms with Crippen LogP contribution in [0.15, 0.2) is 12.3 Å². The van der Waals surface area contributed by atoms with Gasteiger partial charge in [-0.1, -0.05) is 0 Å². The minimum Gasteiger partial charge on any atom is -1.00 e. The fourth-order valence-electron chi connectivity index (χ4n) is 0.816. The van der Waals surface area contributed by atoms with Crippen molar-refractivity contribution >= 4 is 11.8 Å². The molecule has 0 aliphatic carbocycles. The number of rotatable bonds is 0. The zero-order valence-electron chi connectivity index (χ0n) is 6.56. The highest BCUT2D eigenvalue weighted by molar-refractivity contribution is 7.99. The zero-order valence-corrected chi connectivity index (χ0v) is 9.54. The summed E-state index contributed by atoms with van der Waals surface area (Å²) in [4.78, 5) is 0. The largest absolute Gasteiger partial charge is 1.00 e. The van der Waals surface area contributed by atoms with Gasteiger partial charge in [0.15, 0.2) is 0 Å². The van der Waals surface area contributed by atoms with Crippen LogP contribution in [-0.2, 0) is 0 Å². The second kappa shape index (κ2) is 3.97. The fourth-order valence-corrected chi connectivity index (χ4v) is 2.13. The Kier molecular flexibility index (Phi) is 4.28. The maximum Gasteiger partial charge on any atom is 0.111 e. The van der Waals surface area contributed by atoms with E-state index in [4.69, 9.17) is 0 Å². The van der Waals surface area contributed by atoms with E-state index in [1.807, 2.05) is 11.8 Å². The molecule has 0 radical (unpaired) electrons. The molecular formula is C7H14INS. The van der Waals surface area contributed by atoms with Gasteiger partial charge in [0, 0.05) is 5.75 Å². The van der Waals surface area contributed by atoms with Gasteiger partial charge in [0.25, 0.3) is 0 Å². The van der Waals surface area contributed by atoms with Gasteiger partial charge < -0.3 is 24.0 Å². The Hall–Kier alpha value is 0.780. The smallest absolute Gasteiger partial charge is 0.111 e. The molecule has 1 aliphatic rings. The summed E-state index contributed by atoms with van der Waals surface area (Å²) < 4.78 is 1.02. The van der Waals surface area contributed by atoms with Gasteiger partial charge in [0.1, 0.15) is 5.70 Å². The standard InChI is InChI=1S/C7H14NS.HI/c1-7-6-9-5-4-8(7,2)3;/h1,4-6H2,2-3H3;1H/q+1;/p-1. The molecule has 0 aromatic heterocycles. The summed E-state index contributed by atoms with van der Waals surface area (Å²) >= 11 is 1.99. The van der Waals surface area contributed by atoms with Crippen molar-refractivity contribution in [1.29, 1.82) is 0 Å². The van der Waals surface area contributed by atoms with Gasteiger partial charge in [-0.2, -0.15) is 0 Å². The first-order valence-electron chi connectivity index (χ1n) is 3.22. The Morgan fingerprint density at radius 2 is 2.10 bits per heavy atom. The molecule has 1 heterocycles. The molecule has 3 heteroatoms. The van der Waals surface area contributed by atoms with Crippen molar-refractivity contribution in [2.75, 3.05) is 32.1 Å². The Bertz CT molecular complexity index is 134. The average Bonchev–Trinajstić information content (AvgIpc) is 1.77. The van der Waals surface area contributed by atoms with Crippen LogP contribution in [0.4, 0.5) is 0 Å². The molecule has 60 valence electrons. The molecule has 1 aliphatic heterocycles. The van der Waals surface area contributed by atoms with E-state index in [-0.39, 0.29) is 24.0 Å². The minimum absolute atomic E-state index is 0. The van der Waals surface area contributed by atoms with E-state index in [1.54, 1.807) is 0 Å². The van der Waals surface area contributed by atoms with Gasteiger partial charge >= 0.3 is 0 Å². The van der Waals surface area contributed by atoms with Gasteiger partial charge in [0.2, 0.25) is 0 Å². The molecule has 0 bridgehead atoms. The van der Waals surface area contributed by atoms with E-state index < -0.39 is 0 Å². The Morgan fingerprint density at radius 1 is 1.50 bits per heavy atom. The predicted octanol–water partition coefficient (Wildman–Crippen LogP) is -1.67. The van der Waals surface area contributed by atoms with Crippen LogP contribution in [0.5, 0.6) is 0 Å². The van der Waals surface area contributed by atoms with E-state index in [1.165, 1.54) is 18.0 Å². The fraction of sp³-hybridized carbons (Fsp3) is 0.714. The van der Waals surface area contributed by atoms with Crippen LogP contribution >= 0.6 is 11.8 Å². The summed E-state index contributed by atoms with van der Waals surface area (Å²) in [6.07, 6.45) is 0. The van der Waals surface area contributed by atoms with Crippen LogP contribution in [-0.4, -0.2) is 36.6 Å². The number of quaternary nitrogens is 1. The van der Waals surface area contributed by atoms with Crippen molar-refractivity contribution in [3.63, 3.8) is 0 Å². The maximum atomic E-state index is 4.02. The molecule has 0 saturated carbocycles. The van der Waals surface area contributed by atoms with Crippen LogP contribution in [0.2, 0.25) is 0 Å². The summed E-state index contributed by atoms with van der Waals surface area (Å²) in [5, 5.41) is 0. The van der Waals surface area contributed by atoms with E-state index in [0.717, 1.165) is 10.2 Å². The minimum atomic E-state index is 0. The van der Waals surface area contributed by atoms with Crippen LogP contribution < -0.4 is 24.0 Å². The highest BCUT2D eigenvalue weighted by atomic mass is 127. The topological polar surface area (TPSA) is 0 Å². The first-order valence-corrected chi connectivity index (χ1v) is 4.37. The molecule has 1 saturated heterocycles. The third-order valence-corrected chi connectivity index (χ3v) is 2.93. The van der Waals surface area contributed by atoms with E-state index >= 15 is 0 Å². The van der Waals surface area contributed by atoms with Gasteiger partial charge in [-0.25, -0.2) is 0 Å². The molecule has 0 amide bonds. The van der Waals surface area contributed by atoms with Gasteiger partial charge in [-0.3, -0.25) is 4.48 Å². The normalized spacial score (nSPS) is 23.6. The van der Waals surface area contributed by atoms with Crippen molar-refractivity contribution in [3.8, 4) is 0 Å². The lowest BCUT2D eigenvalue weighted by atomic mass is 10.4. The molecule has 0 atom stereocenters. The molecule has 1 rings (SSSR count). The van der Waals surface area contributed by atoms with Crippen molar-refractivity contribution in [3.05, 3.63) is 12.3 Å². The SMILES string of the molecule is C=C1CSCC[N+]1(C)C.[I-]. The molecular weight excluding hydrogens is 257 g/mol. The van der Waals surface area contributed by atoms with Crippen LogP contribution in [0.1, 0.15) is 0 Å². The molecule has 10 heavy (non-hydrogen) atoms. The quantitative estimate of drug-likeness (QED) is 0.375. The van der Waals surface area contributed by atoms with Crippen LogP contribution in [0.25, 0.3) is 0 Å². The Morgan fingerprint density at radius 3 is 2.40 bits per heavy atom. The summed E-state index contributed by atoms with van der Waals surface area (Å²) in [5.74, 6) is 2.43. The first-order chi connectivity index (χ1) is 4.13. The number of hydrogen-bond acceptors (Lipinski definition) is 1. The Labute approximate surface area is 84.5 Å². The van der Waals surface area contributed by atoms with Gasteiger partial charge in [-0.15, -0.1) is 11.8 Å². The predicted molar refractivity (Wildman–Crippen MR) is 43.4 cm³/mol. The molecule has 1 nitrogen and oxygen atoms in total. The third-order valence-electron chi connectivity index (χ3n) is 1.92. The lowest BCUT2D eigenvalue weighted by Crippen LogP contribution is -3.00. The number of nitrogens with zero attached hydrogens (tertiary/aromatic N) is 1. The van der Waals surface area contributed by atoms with Crippen molar-refractivity contribution in [1.82, 2.24) is 0 Å². The molecule has 0 aromatic carbocycles. The highest BCUT2D eigenvalue weighted by Crippen LogP contribution is 2.21. The third kappa shape index (κ3) is 2.43. The second-order valence-electron chi connectivity index (χ2n) is 3.03. The molecule has 0 spiro atoms. The van der Waals surface area contributed by atoms with E-state index in [0.29, 0.717) is 0 Å². The maximum absolute atomic E-state index is 4.02. The molecule has 0 N–H and O–H groups in total. The summed E-state index contributed by atoms with van der Waals surface area (Å²) in [7, 11) is 4.45. The molecule has 0 unspecified atom stereocenters. The summed E-state index contributed by atoms with van der Waals surface area (Å²) in [6.45, 7) is 5.26. The Balaban J connectivity index is 0.000000810. The number of hydrogen-bond donors (Lipinski definition) is 0. The van der Waals surface area contributed by atoms with Crippen molar-refractivity contribution in [2.45, 2.75) is 0 Å². The van der Waals surface area contributed by atoms with Gasteiger partial charge in [0.05, 0.1) is 26.4 Å². The summed E-state index contributed by atoms with van der Waals surface area (Å²) in [5.41, 5.74) is 1.35. The van der Waals surface area contributed by atoms with Crippen molar-refractivity contribution < 1.29 is 28.5 Å². The summed E-state index contributed by atoms with van der Waals surface area (Å²) in [6, 6.07) is 0. The van der Waals surface area contributed by atoms with Crippen LogP contribution in [0.3, 0.4) is 0 Å². The lowest BCUT2D eigenvalue weighted by molar-refractivity contribution is -0.849. The number of thioether (sulfide) groups is 1. The van der Waals surface area contributed by atoms with Gasteiger partial charge in [-0.05, 0) is 6.58 Å². The molecule has 0 aromatic rings.